The first kappa shape index (κ1) is 22.1. The summed E-state index contributed by atoms with van der Waals surface area (Å²) in [4.78, 5) is 17.8. The summed E-state index contributed by atoms with van der Waals surface area (Å²) in [5, 5.41) is 23.0. The van der Waals surface area contributed by atoms with E-state index in [9.17, 15) is 15.2 Å². The van der Waals surface area contributed by atoms with E-state index in [1.165, 1.54) is 11.1 Å². The SMILES string of the molecule is CC(C)Oc1ccc(-c2nc(-c3cccc4c3CCC43CCN(CC(=O)O)C3)no2)cc1C#N. The Morgan fingerprint density at radius 1 is 1.32 bits per heavy atom. The lowest BCUT2D eigenvalue weighted by Crippen LogP contribution is -2.32. The first-order valence-electron chi connectivity index (χ1n) is 11.5. The first-order valence-corrected chi connectivity index (χ1v) is 11.5. The molecule has 2 heterocycles. The summed E-state index contributed by atoms with van der Waals surface area (Å²) in [5.74, 6) is 0.610. The lowest BCUT2D eigenvalue weighted by atomic mass is 9.81. The van der Waals surface area contributed by atoms with Crippen molar-refractivity contribution in [1.29, 1.82) is 5.26 Å². The number of fused-ring (bicyclic) bond motifs is 2. The van der Waals surface area contributed by atoms with Gasteiger partial charge in [0.2, 0.25) is 5.82 Å². The minimum Gasteiger partial charge on any atom is -0.490 e. The maximum Gasteiger partial charge on any atom is 0.317 e. The minimum atomic E-state index is -0.785. The molecule has 3 aromatic rings. The van der Waals surface area contributed by atoms with Crippen LogP contribution in [-0.2, 0) is 16.6 Å². The maximum absolute atomic E-state index is 11.2. The van der Waals surface area contributed by atoms with Crippen LogP contribution in [-0.4, -0.2) is 51.9 Å². The molecule has 1 aromatic heterocycles. The highest BCUT2D eigenvalue weighted by atomic mass is 16.5. The zero-order chi connectivity index (χ0) is 23.9. The Bertz CT molecular complexity index is 1290. The summed E-state index contributed by atoms with van der Waals surface area (Å²) in [6.45, 7) is 5.46. The molecule has 34 heavy (non-hydrogen) atoms. The molecular weight excluding hydrogens is 432 g/mol. The van der Waals surface area contributed by atoms with Gasteiger partial charge >= 0.3 is 5.97 Å². The summed E-state index contributed by atoms with van der Waals surface area (Å²) >= 11 is 0. The average molecular weight is 459 g/mol. The van der Waals surface area contributed by atoms with Crippen LogP contribution >= 0.6 is 0 Å². The van der Waals surface area contributed by atoms with Crippen molar-refractivity contribution in [2.45, 2.75) is 44.6 Å². The third-order valence-corrected chi connectivity index (χ3v) is 6.77. The van der Waals surface area contributed by atoms with Crippen LogP contribution in [0.2, 0.25) is 0 Å². The quantitative estimate of drug-likeness (QED) is 0.589. The van der Waals surface area contributed by atoms with Gasteiger partial charge in [-0.25, -0.2) is 0 Å². The van der Waals surface area contributed by atoms with Gasteiger partial charge in [0.25, 0.3) is 5.89 Å². The van der Waals surface area contributed by atoms with Crippen LogP contribution in [0.4, 0.5) is 0 Å². The van der Waals surface area contributed by atoms with Gasteiger partial charge in [-0.05, 0) is 69.0 Å². The summed E-state index contributed by atoms with van der Waals surface area (Å²) in [5.41, 5.74) is 4.50. The van der Waals surface area contributed by atoms with Crippen molar-refractivity contribution in [3.8, 4) is 34.7 Å². The molecule has 1 aliphatic heterocycles. The van der Waals surface area contributed by atoms with Crippen LogP contribution in [0.1, 0.15) is 43.4 Å². The Kier molecular flexibility index (Phi) is 5.58. The van der Waals surface area contributed by atoms with Gasteiger partial charge in [-0.15, -0.1) is 0 Å². The number of aromatic nitrogens is 2. The molecule has 8 nitrogen and oxygen atoms in total. The number of carbonyl (C=O) groups is 1. The number of hydrogen-bond acceptors (Lipinski definition) is 7. The number of ether oxygens (including phenoxy) is 1. The fourth-order valence-corrected chi connectivity index (χ4v) is 5.33. The van der Waals surface area contributed by atoms with Crippen LogP contribution < -0.4 is 4.74 Å². The number of carboxylic acid groups (broad SMARTS) is 1. The van der Waals surface area contributed by atoms with Crippen molar-refractivity contribution >= 4 is 5.97 Å². The van der Waals surface area contributed by atoms with E-state index in [2.05, 4.69) is 22.3 Å². The monoisotopic (exact) mass is 458 g/mol. The molecule has 1 fully saturated rings. The van der Waals surface area contributed by atoms with Crippen molar-refractivity contribution in [3.05, 3.63) is 53.1 Å². The van der Waals surface area contributed by atoms with Gasteiger partial charge in [0, 0.05) is 23.1 Å². The van der Waals surface area contributed by atoms with Gasteiger partial charge in [0.05, 0.1) is 18.2 Å². The zero-order valence-corrected chi connectivity index (χ0v) is 19.2. The Morgan fingerprint density at radius 3 is 2.94 bits per heavy atom. The molecule has 2 aliphatic rings. The molecule has 0 saturated carbocycles. The molecule has 174 valence electrons. The van der Waals surface area contributed by atoms with Gasteiger partial charge < -0.3 is 14.4 Å². The summed E-state index contributed by atoms with van der Waals surface area (Å²) < 4.78 is 11.3. The van der Waals surface area contributed by atoms with E-state index in [4.69, 9.17) is 9.26 Å². The number of carboxylic acids is 1. The molecule has 1 aliphatic carbocycles. The van der Waals surface area contributed by atoms with Crippen LogP contribution in [0.25, 0.3) is 22.8 Å². The molecule has 0 amide bonds. The molecule has 1 spiro atoms. The highest BCUT2D eigenvalue weighted by Crippen LogP contribution is 2.47. The minimum absolute atomic E-state index is 0.0126. The fourth-order valence-electron chi connectivity index (χ4n) is 5.33. The Morgan fingerprint density at radius 2 is 2.18 bits per heavy atom. The second-order valence-corrected chi connectivity index (χ2v) is 9.38. The lowest BCUT2D eigenvalue weighted by molar-refractivity contribution is -0.138. The van der Waals surface area contributed by atoms with Gasteiger partial charge in [0.15, 0.2) is 0 Å². The Hall–Kier alpha value is -3.70. The summed E-state index contributed by atoms with van der Waals surface area (Å²) in [7, 11) is 0. The number of benzene rings is 2. The van der Waals surface area contributed by atoms with E-state index in [0.29, 0.717) is 28.6 Å². The fraction of sp³-hybridized carbons (Fsp3) is 0.385. The average Bonchev–Trinajstić information content (AvgIpc) is 3.53. The Balaban J connectivity index is 1.44. The van der Waals surface area contributed by atoms with Crippen LogP contribution in [0.15, 0.2) is 40.9 Å². The molecule has 0 bridgehead atoms. The standard InChI is InChI=1S/C26H26N4O4/c1-16(2)33-22-7-6-17(12-18(22)13-27)25-28-24(29-34-25)20-4-3-5-21-19(20)8-9-26(21)10-11-30(15-26)14-23(31)32/h3-7,12,16H,8-11,14-15H2,1-2H3,(H,31,32). The van der Waals surface area contributed by atoms with E-state index >= 15 is 0 Å². The van der Waals surface area contributed by atoms with Crippen LogP contribution in [0.5, 0.6) is 5.75 Å². The molecule has 8 heteroatoms. The second kappa shape index (κ2) is 8.58. The molecule has 1 unspecified atom stereocenters. The smallest absolute Gasteiger partial charge is 0.317 e. The number of nitriles is 1. The largest absolute Gasteiger partial charge is 0.490 e. The third-order valence-electron chi connectivity index (χ3n) is 6.77. The maximum atomic E-state index is 11.2. The molecule has 0 radical (unpaired) electrons. The van der Waals surface area contributed by atoms with Crippen molar-refractivity contribution in [3.63, 3.8) is 0 Å². The topological polar surface area (TPSA) is 112 Å². The van der Waals surface area contributed by atoms with E-state index in [0.717, 1.165) is 37.9 Å². The molecule has 1 saturated heterocycles. The number of likely N-dealkylation sites (tertiary alicyclic amines) is 1. The van der Waals surface area contributed by atoms with Crippen molar-refractivity contribution < 1.29 is 19.2 Å². The molecule has 1 N–H and O–H groups in total. The van der Waals surface area contributed by atoms with Crippen molar-refractivity contribution in [1.82, 2.24) is 15.0 Å². The zero-order valence-electron chi connectivity index (χ0n) is 19.2. The van der Waals surface area contributed by atoms with Gasteiger partial charge in [-0.2, -0.15) is 10.2 Å². The number of hydrogen-bond donors (Lipinski definition) is 1. The number of aliphatic carboxylic acids is 1. The predicted molar refractivity (Wildman–Crippen MR) is 124 cm³/mol. The van der Waals surface area contributed by atoms with Crippen molar-refractivity contribution in [2.75, 3.05) is 19.6 Å². The van der Waals surface area contributed by atoms with E-state index in [1.54, 1.807) is 12.1 Å². The molecule has 2 aromatic carbocycles. The van der Waals surface area contributed by atoms with E-state index in [-0.39, 0.29) is 18.1 Å². The van der Waals surface area contributed by atoms with Gasteiger partial charge in [-0.1, -0.05) is 23.4 Å². The molecule has 1 atom stereocenters. The third kappa shape index (κ3) is 3.93. The molecular formula is C26H26N4O4. The Labute approximate surface area is 197 Å². The second-order valence-electron chi connectivity index (χ2n) is 9.38. The van der Waals surface area contributed by atoms with E-state index < -0.39 is 5.97 Å². The van der Waals surface area contributed by atoms with Gasteiger partial charge in [0.1, 0.15) is 11.8 Å². The summed E-state index contributed by atoms with van der Waals surface area (Å²) in [6.07, 6.45) is 2.81. The molecule has 5 rings (SSSR count). The van der Waals surface area contributed by atoms with Gasteiger partial charge in [-0.3, -0.25) is 9.69 Å². The predicted octanol–water partition coefficient (Wildman–Crippen LogP) is 4.04. The summed E-state index contributed by atoms with van der Waals surface area (Å²) in [6, 6.07) is 13.6. The number of nitrogens with zero attached hydrogens (tertiary/aromatic N) is 4. The van der Waals surface area contributed by atoms with Crippen molar-refractivity contribution in [2.24, 2.45) is 0 Å². The lowest BCUT2D eigenvalue weighted by Gasteiger charge is -2.25. The normalized spacial score (nSPS) is 19.5. The highest BCUT2D eigenvalue weighted by molar-refractivity contribution is 5.70. The van der Waals surface area contributed by atoms with E-state index in [1.807, 2.05) is 36.9 Å². The first-order chi connectivity index (χ1) is 16.4. The highest BCUT2D eigenvalue weighted by Gasteiger charge is 2.45. The van der Waals surface area contributed by atoms with Crippen LogP contribution in [0, 0.1) is 11.3 Å². The number of rotatable bonds is 6. The van der Waals surface area contributed by atoms with Crippen LogP contribution in [0.3, 0.4) is 0 Å².